The van der Waals surface area contributed by atoms with Gasteiger partial charge in [-0.1, -0.05) is 65.7 Å². The molecule has 0 fully saturated rings. The Balaban J connectivity index is 4.84. The fraction of sp³-hybridized carbons (Fsp3) is 0.950. The summed E-state index contributed by atoms with van der Waals surface area (Å²) in [4.78, 5) is 14.0. The van der Waals surface area contributed by atoms with Crippen LogP contribution in [0.4, 0.5) is 4.79 Å². The standard InChI is InChI=1S/C20H42NO3P/c1-5-9-12-14-17-25(23,18-15-13-10-6-2)19-21(16-11-7-3)20(22)24-8-4/h5-19H2,1-4H3. The van der Waals surface area contributed by atoms with Gasteiger partial charge in [0.15, 0.2) is 0 Å². The average molecular weight is 376 g/mol. The summed E-state index contributed by atoms with van der Waals surface area (Å²) in [5.41, 5.74) is 0. The number of hydrogen-bond donors (Lipinski definition) is 0. The van der Waals surface area contributed by atoms with Gasteiger partial charge in [-0.2, -0.15) is 0 Å². The van der Waals surface area contributed by atoms with Crippen LogP contribution < -0.4 is 0 Å². The third kappa shape index (κ3) is 12.5. The molecule has 0 spiro atoms. The van der Waals surface area contributed by atoms with Gasteiger partial charge in [0, 0.05) is 18.9 Å². The Hall–Kier alpha value is -0.500. The van der Waals surface area contributed by atoms with Crippen molar-refractivity contribution in [2.75, 3.05) is 31.8 Å². The second-order valence-corrected chi connectivity index (χ2v) is 10.4. The normalized spacial score (nSPS) is 11.5. The molecule has 0 aromatic rings. The molecule has 0 saturated carbocycles. The van der Waals surface area contributed by atoms with E-state index in [4.69, 9.17) is 4.74 Å². The molecular formula is C20H42NO3P. The molecule has 0 aromatic carbocycles. The minimum atomic E-state index is -2.35. The van der Waals surface area contributed by atoms with Crippen molar-refractivity contribution in [3.63, 3.8) is 0 Å². The first kappa shape index (κ1) is 24.5. The molecule has 0 N–H and O–H groups in total. The number of carbonyl (C=O) groups is 1. The van der Waals surface area contributed by atoms with E-state index in [2.05, 4.69) is 20.8 Å². The lowest BCUT2D eigenvalue weighted by molar-refractivity contribution is 0.112. The third-order valence-corrected chi connectivity index (χ3v) is 7.69. The molecule has 0 atom stereocenters. The maximum absolute atomic E-state index is 13.6. The minimum Gasteiger partial charge on any atom is -0.450 e. The van der Waals surface area contributed by atoms with Gasteiger partial charge in [0.2, 0.25) is 0 Å². The Morgan fingerprint density at radius 1 is 0.800 bits per heavy atom. The lowest BCUT2D eigenvalue weighted by atomic mass is 10.2. The fourth-order valence-electron chi connectivity index (χ4n) is 3.00. The zero-order valence-corrected chi connectivity index (χ0v) is 18.1. The van der Waals surface area contributed by atoms with Crippen LogP contribution in [0.2, 0.25) is 0 Å². The molecule has 0 unspecified atom stereocenters. The Morgan fingerprint density at radius 3 is 1.76 bits per heavy atom. The zero-order chi connectivity index (χ0) is 19.0. The predicted octanol–water partition coefficient (Wildman–Crippen LogP) is 6.73. The lowest BCUT2D eigenvalue weighted by Crippen LogP contribution is -2.34. The number of unbranched alkanes of at least 4 members (excludes halogenated alkanes) is 7. The lowest BCUT2D eigenvalue weighted by Gasteiger charge is -2.27. The van der Waals surface area contributed by atoms with Crippen molar-refractivity contribution in [1.29, 1.82) is 0 Å². The quantitative estimate of drug-likeness (QED) is 0.222. The van der Waals surface area contributed by atoms with Crippen LogP contribution in [0.5, 0.6) is 0 Å². The number of nitrogens with zero attached hydrogens (tertiary/aromatic N) is 1. The summed E-state index contributed by atoms with van der Waals surface area (Å²) < 4.78 is 18.8. The predicted molar refractivity (Wildman–Crippen MR) is 109 cm³/mol. The molecule has 0 heterocycles. The van der Waals surface area contributed by atoms with Gasteiger partial charge in [0.1, 0.15) is 7.14 Å². The van der Waals surface area contributed by atoms with Gasteiger partial charge in [-0.25, -0.2) is 4.79 Å². The highest BCUT2D eigenvalue weighted by Crippen LogP contribution is 2.48. The molecule has 0 bridgehead atoms. The van der Waals surface area contributed by atoms with Crippen LogP contribution in [0, 0.1) is 0 Å². The van der Waals surface area contributed by atoms with Gasteiger partial charge >= 0.3 is 6.09 Å². The van der Waals surface area contributed by atoms with E-state index >= 15 is 0 Å². The Bertz CT molecular complexity index is 358. The molecule has 0 rings (SSSR count). The number of amides is 1. The average Bonchev–Trinajstić information content (AvgIpc) is 2.60. The van der Waals surface area contributed by atoms with Gasteiger partial charge in [0.05, 0.1) is 12.9 Å². The molecule has 0 aromatic heterocycles. The monoisotopic (exact) mass is 375 g/mol. The van der Waals surface area contributed by atoms with E-state index in [0.717, 1.165) is 50.8 Å². The fourth-order valence-corrected chi connectivity index (χ4v) is 5.99. The van der Waals surface area contributed by atoms with E-state index in [1.54, 1.807) is 4.90 Å². The number of carbonyl (C=O) groups excluding carboxylic acids is 1. The van der Waals surface area contributed by atoms with Crippen molar-refractivity contribution < 1.29 is 14.1 Å². The van der Waals surface area contributed by atoms with Crippen LogP contribution >= 0.6 is 7.14 Å². The van der Waals surface area contributed by atoms with E-state index in [0.29, 0.717) is 19.4 Å². The van der Waals surface area contributed by atoms with E-state index in [-0.39, 0.29) is 6.09 Å². The molecule has 150 valence electrons. The first-order valence-corrected chi connectivity index (χ1v) is 12.8. The zero-order valence-electron chi connectivity index (χ0n) is 17.2. The maximum Gasteiger partial charge on any atom is 0.410 e. The number of ether oxygens (including phenoxy) is 1. The second-order valence-electron chi connectivity index (χ2n) is 7.08. The van der Waals surface area contributed by atoms with Gasteiger partial charge in [0.25, 0.3) is 0 Å². The molecule has 5 heteroatoms. The van der Waals surface area contributed by atoms with Crippen LogP contribution in [-0.4, -0.2) is 42.8 Å². The highest BCUT2D eigenvalue weighted by molar-refractivity contribution is 7.63. The first-order valence-electron chi connectivity index (χ1n) is 10.5. The van der Waals surface area contributed by atoms with E-state index in [1.807, 2.05) is 6.92 Å². The smallest absolute Gasteiger partial charge is 0.410 e. The van der Waals surface area contributed by atoms with Crippen molar-refractivity contribution in [2.24, 2.45) is 0 Å². The summed E-state index contributed by atoms with van der Waals surface area (Å²) in [5, 5.41) is 0. The van der Waals surface area contributed by atoms with Crippen LogP contribution in [0.15, 0.2) is 0 Å². The van der Waals surface area contributed by atoms with Gasteiger partial charge in [-0.3, -0.25) is 0 Å². The molecule has 25 heavy (non-hydrogen) atoms. The molecule has 0 aliphatic rings. The largest absolute Gasteiger partial charge is 0.450 e. The maximum atomic E-state index is 13.6. The second kappa shape index (κ2) is 15.7. The Kier molecular flexibility index (Phi) is 15.4. The molecule has 4 nitrogen and oxygen atoms in total. The highest BCUT2D eigenvalue weighted by atomic mass is 31.2. The summed E-state index contributed by atoms with van der Waals surface area (Å²) in [7, 11) is -2.35. The molecule has 1 amide bonds. The van der Waals surface area contributed by atoms with Crippen molar-refractivity contribution in [3.8, 4) is 0 Å². The molecule has 0 aliphatic heterocycles. The van der Waals surface area contributed by atoms with Crippen LogP contribution in [0.3, 0.4) is 0 Å². The number of rotatable bonds is 16. The van der Waals surface area contributed by atoms with Crippen LogP contribution in [0.25, 0.3) is 0 Å². The van der Waals surface area contributed by atoms with E-state index in [9.17, 15) is 9.36 Å². The van der Waals surface area contributed by atoms with Gasteiger partial charge in [-0.05, 0) is 26.2 Å². The van der Waals surface area contributed by atoms with E-state index in [1.165, 1.54) is 25.7 Å². The molecule has 0 radical (unpaired) electrons. The molecule has 0 saturated heterocycles. The molecule has 0 aliphatic carbocycles. The Labute approximate surface area is 156 Å². The van der Waals surface area contributed by atoms with Crippen molar-refractivity contribution in [1.82, 2.24) is 4.90 Å². The number of hydrogen-bond acceptors (Lipinski definition) is 3. The minimum absolute atomic E-state index is 0.293. The summed E-state index contributed by atoms with van der Waals surface area (Å²) in [6.45, 7) is 9.35. The van der Waals surface area contributed by atoms with Crippen molar-refractivity contribution >= 4 is 13.2 Å². The van der Waals surface area contributed by atoms with Crippen molar-refractivity contribution in [2.45, 2.75) is 91.9 Å². The Morgan fingerprint density at radius 2 is 1.32 bits per heavy atom. The molecular weight excluding hydrogens is 333 g/mol. The van der Waals surface area contributed by atoms with Crippen molar-refractivity contribution in [3.05, 3.63) is 0 Å². The van der Waals surface area contributed by atoms with E-state index < -0.39 is 7.14 Å². The summed E-state index contributed by atoms with van der Waals surface area (Å²) in [6.07, 6.45) is 12.7. The van der Waals surface area contributed by atoms with Gasteiger partial charge < -0.3 is 14.2 Å². The SMILES string of the molecule is CCCCCCP(=O)(CCCCCC)CN(CCCC)C(=O)OCC. The van der Waals surface area contributed by atoms with Crippen LogP contribution in [-0.2, 0) is 9.30 Å². The summed E-state index contributed by atoms with van der Waals surface area (Å²) in [5.74, 6) is 0. The topological polar surface area (TPSA) is 46.6 Å². The third-order valence-electron chi connectivity index (χ3n) is 4.57. The van der Waals surface area contributed by atoms with Crippen LogP contribution in [0.1, 0.15) is 91.9 Å². The summed E-state index contributed by atoms with van der Waals surface area (Å²) in [6, 6.07) is 0. The first-order chi connectivity index (χ1) is 12.0. The highest BCUT2D eigenvalue weighted by Gasteiger charge is 2.27. The van der Waals surface area contributed by atoms with Gasteiger partial charge in [-0.15, -0.1) is 0 Å². The summed E-state index contributed by atoms with van der Waals surface area (Å²) >= 11 is 0.